The number of halogens is 1. The van der Waals surface area contributed by atoms with Crippen molar-refractivity contribution in [1.82, 2.24) is 0 Å². The molecule has 0 spiro atoms. The van der Waals surface area contributed by atoms with Gasteiger partial charge < -0.3 is 15.8 Å². The Morgan fingerprint density at radius 3 is 2.60 bits per heavy atom. The average Bonchev–Trinajstić information content (AvgIpc) is 2.42. The second kappa shape index (κ2) is 5.61. The first-order valence-electron chi connectivity index (χ1n) is 6.02. The van der Waals surface area contributed by atoms with Crippen LogP contribution in [-0.2, 0) is 0 Å². The number of aryl methyl sites for hydroxylation is 1. The lowest BCUT2D eigenvalue weighted by atomic mass is 10.1. The summed E-state index contributed by atoms with van der Waals surface area (Å²) in [4.78, 5) is 12.0. The van der Waals surface area contributed by atoms with Crippen molar-refractivity contribution >= 4 is 17.3 Å². The fourth-order valence-corrected chi connectivity index (χ4v) is 1.75. The van der Waals surface area contributed by atoms with Crippen LogP contribution in [0.25, 0.3) is 0 Å². The molecule has 0 saturated heterocycles. The largest absolute Gasteiger partial charge is 0.495 e. The molecule has 104 valence electrons. The van der Waals surface area contributed by atoms with Crippen LogP contribution < -0.4 is 15.8 Å². The first-order chi connectivity index (χ1) is 9.51. The van der Waals surface area contributed by atoms with Crippen LogP contribution in [0.3, 0.4) is 0 Å². The highest BCUT2D eigenvalue weighted by molar-refractivity contribution is 6.04. The maximum Gasteiger partial charge on any atom is 0.255 e. The van der Waals surface area contributed by atoms with Crippen LogP contribution in [-0.4, -0.2) is 13.0 Å². The van der Waals surface area contributed by atoms with Gasteiger partial charge in [-0.05, 0) is 42.8 Å². The number of nitrogen functional groups attached to an aromatic ring is 1. The van der Waals surface area contributed by atoms with Crippen LogP contribution >= 0.6 is 0 Å². The van der Waals surface area contributed by atoms with Gasteiger partial charge in [0.25, 0.3) is 5.91 Å². The van der Waals surface area contributed by atoms with Gasteiger partial charge in [0, 0.05) is 11.3 Å². The Hall–Kier alpha value is -2.56. The average molecular weight is 274 g/mol. The fraction of sp³-hybridized carbons (Fsp3) is 0.133. The highest BCUT2D eigenvalue weighted by Crippen LogP contribution is 2.24. The molecule has 5 heteroatoms. The Morgan fingerprint density at radius 2 is 2.00 bits per heavy atom. The van der Waals surface area contributed by atoms with Crippen molar-refractivity contribution in [1.29, 1.82) is 0 Å². The van der Waals surface area contributed by atoms with Crippen molar-refractivity contribution in [2.45, 2.75) is 6.92 Å². The van der Waals surface area contributed by atoms with Gasteiger partial charge in [-0.2, -0.15) is 0 Å². The van der Waals surface area contributed by atoms with Crippen molar-refractivity contribution in [3.05, 3.63) is 53.3 Å². The maximum atomic E-state index is 13.4. The zero-order valence-corrected chi connectivity index (χ0v) is 11.2. The van der Waals surface area contributed by atoms with E-state index in [0.29, 0.717) is 22.7 Å². The summed E-state index contributed by atoms with van der Waals surface area (Å²) in [6.07, 6.45) is 0. The molecule has 20 heavy (non-hydrogen) atoms. The number of rotatable bonds is 3. The van der Waals surface area contributed by atoms with Crippen LogP contribution in [0, 0.1) is 12.7 Å². The van der Waals surface area contributed by atoms with Gasteiger partial charge in [-0.15, -0.1) is 0 Å². The zero-order chi connectivity index (χ0) is 14.7. The molecule has 0 bridgehead atoms. The lowest BCUT2D eigenvalue weighted by molar-refractivity contribution is 0.102. The molecule has 0 radical (unpaired) electrons. The number of nitrogens with two attached hydrogens (primary N) is 1. The number of ether oxygens (including phenoxy) is 1. The van der Waals surface area contributed by atoms with E-state index in [-0.39, 0.29) is 5.56 Å². The number of carbonyl (C=O) groups is 1. The number of hydrogen-bond donors (Lipinski definition) is 2. The van der Waals surface area contributed by atoms with Gasteiger partial charge in [0.05, 0.1) is 12.8 Å². The number of hydrogen-bond acceptors (Lipinski definition) is 3. The second-order valence-electron chi connectivity index (χ2n) is 4.37. The van der Waals surface area contributed by atoms with Crippen LogP contribution in [0.5, 0.6) is 5.75 Å². The van der Waals surface area contributed by atoms with E-state index in [1.54, 1.807) is 37.3 Å². The van der Waals surface area contributed by atoms with E-state index < -0.39 is 11.7 Å². The van der Waals surface area contributed by atoms with Crippen LogP contribution in [0.4, 0.5) is 15.8 Å². The molecule has 0 aliphatic carbocycles. The van der Waals surface area contributed by atoms with E-state index in [2.05, 4.69) is 5.32 Å². The first kappa shape index (κ1) is 13.9. The number of anilines is 2. The molecule has 0 aliphatic rings. The molecule has 1 amide bonds. The number of benzene rings is 2. The summed E-state index contributed by atoms with van der Waals surface area (Å²) < 4.78 is 18.5. The van der Waals surface area contributed by atoms with E-state index in [9.17, 15) is 9.18 Å². The Morgan fingerprint density at radius 1 is 1.25 bits per heavy atom. The van der Waals surface area contributed by atoms with Gasteiger partial charge >= 0.3 is 0 Å². The summed E-state index contributed by atoms with van der Waals surface area (Å²) in [5, 5.41) is 2.66. The monoisotopic (exact) mass is 274 g/mol. The van der Waals surface area contributed by atoms with Crippen molar-refractivity contribution < 1.29 is 13.9 Å². The molecule has 0 heterocycles. The minimum Gasteiger partial charge on any atom is -0.495 e. The molecule has 0 aliphatic heterocycles. The number of nitrogens with one attached hydrogen (secondary N) is 1. The number of carbonyl (C=O) groups excluding carboxylic acids is 1. The quantitative estimate of drug-likeness (QED) is 0.846. The molecule has 3 N–H and O–H groups in total. The van der Waals surface area contributed by atoms with Crippen LogP contribution in [0.2, 0.25) is 0 Å². The van der Waals surface area contributed by atoms with Gasteiger partial charge in [-0.25, -0.2) is 4.39 Å². The Bertz CT molecular complexity index is 656. The molecular weight excluding hydrogens is 259 g/mol. The standard InChI is InChI=1S/C15H15FN2O2/c1-9-3-4-10(7-12(9)16)15(19)18-11-5-6-14(20-2)13(17)8-11/h3-8H,17H2,1-2H3,(H,18,19). The molecule has 0 aromatic heterocycles. The van der Waals surface area contributed by atoms with Gasteiger partial charge in [-0.1, -0.05) is 6.07 Å². The summed E-state index contributed by atoms with van der Waals surface area (Å²) in [6.45, 7) is 1.64. The van der Waals surface area contributed by atoms with E-state index in [1.807, 2.05) is 0 Å². The molecule has 2 aromatic carbocycles. The summed E-state index contributed by atoms with van der Waals surface area (Å²) in [5.41, 5.74) is 7.44. The molecule has 4 nitrogen and oxygen atoms in total. The van der Waals surface area contributed by atoms with E-state index in [4.69, 9.17) is 10.5 Å². The smallest absolute Gasteiger partial charge is 0.255 e. The molecular formula is C15H15FN2O2. The van der Waals surface area contributed by atoms with Crippen LogP contribution in [0.1, 0.15) is 15.9 Å². The summed E-state index contributed by atoms with van der Waals surface area (Å²) >= 11 is 0. The summed E-state index contributed by atoms with van der Waals surface area (Å²) in [7, 11) is 1.51. The molecule has 0 unspecified atom stereocenters. The highest BCUT2D eigenvalue weighted by atomic mass is 19.1. The lowest BCUT2D eigenvalue weighted by Crippen LogP contribution is -2.12. The third-order valence-corrected chi connectivity index (χ3v) is 2.92. The highest BCUT2D eigenvalue weighted by Gasteiger charge is 2.09. The number of amides is 1. The third kappa shape index (κ3) is 2.88. The molecule has 2 aromatic rings. The van der Waals surface area contributed by atoms with Crippen molar-refractivity contribution in [2.24, 2.45) is 0 Å². The summed E-state index contributed by atoms with van der Waals surface area (Å²) in [5.74, 6) is -0.273. The van der Waals surface area contributed by atoms with Gasteiger partial charge in [0.15, 0.2) is 0 Å². The van der Waals surface area contributed by atoms with E-state index >= 15 is 0 Å². The Kier molecular flexibility index (Phi) is 3.89. The van der Waals surface area contributed by atoms with Crippen LogP contribution in [0.15, 0.2) is 36.4 Å². The normalized spacial score (nSPS) is 10.2. The fourth-order valence-electron chi connectivity index (χ4n) is 1.75. The van der Waals surface area contributed by atoms with Gasteiger partial charge in [-0.3, -0.25) is 4.79 Å². The topological polar surface area (TPSA) is 64.3 Å². The third-order valence-electron chi connectivity index (χ3n) is 2.92. The van der Waals surface area contributed by atoms with E-state index in [1.165, 1.54) is 13.2 Å². The molecule has 0 saturated carbocycles. The SMILES string of the molecule is COc1ccc(NC(=O)c2ccc(C)c(F)c2)cc1N. The van der Waals surface area contributed by atoms with Crippen molar-refractivity contribution in [3.8, 4) is 5.75 Å². The minimum atomic E-state index is -0.410. The van der Waals surface area contributed by atoms with Crippen molar-refractivity contribution in [2.75, 3.05) is 18.2 Å². The Labute approximate surface area is 116 Å². The number of methoxy groups -OCH3 is 1. The zero-order valence-electron chi connectivity index (χ0n) is 11.2. The second-order valence-corrected chi connectivity index (χ2v) is 4.37. The maximum absolute atomic E-state index is 13.4. The Balaban J connectivity index is 2.19. The molecule has 0 atom stereocenters. The molecule has 0 fully saturated rings. The summed E-state index contributed by atoms with van der Waals surface area (Å²) in [6, 6.07) is 9.24. The molecule has 2 rings (SSSR count). The van der Waals surface area contributed by atoms with Crippen molar-refractivity contribution in [3.63, 3.8) is 0 Å². The minimum absolute atomic E-state index is 0.252. The van der Waals surface area contributed by atoms with Gasteiger partial charge in [0.2, 0.25) is 0 Å². The predicted molar refractivity (Wildman–Crippen MR) is 76.5 cm³/mol. The van der Waals surface area contributed by atoms with E-state index in [0.717, 1.165) is 0 Å². The first-order valence-corrected chi connectivity index (χ1v) is 6.02. The predicted octanol–water partition coefficient (Wildman–Crippen LogP) is 2.98. The lowest BCUT2D eigenvalue weighted by Gasteiger charge is -2.09. The van der Waals surface area contributed by atoms with Gasteiger partial charge in [0.1, 0.15) is 11.6 Å².